The van der Waals surface area contributed by atoms with Crippen LogP contribution in [-0.4, -0.2) is 143 Å². The van der Waals surface area contributed by atoms with Gasteiger partial charge in [-0.05, 0) is 286 Å². The molecule has 0 aromatic heterocycles. The van der Waals surface area contributed by atoms with Crippen LogP contribution in [0.1, 0.15) is 319 Å². The number of Topliss-reactive ketones (excluding diaryl/α,β-unsaturated/α-hetero) is 5. The highest BCUT2D eigenvalue weighted by molar-refractivity contribution is 6.28. The molecule has 148 heavy (non-hydrogen) atoms. The fourth-order valence-corrected chi connectivity index (χ4v) is 21.3. The van der Waals surface area contributed by atoms with Crippen molar-refractivity contribution in [3.8, 4) is 57.5 Å². The van der Waals surface area contributed by atoms with Crippen LogP contribution in [0.15, 0.2) is 261 Å². The first-order chi connectivity index (χ1) is 70.7. The summed E-state index contributed by atoms with van der Waals surface area (Å²) in [5, 5.41) is 0. The Kier molecular flexibility index (Phi) is 28.8. The molecular weight excluding hydrogens is 1870 g/mol. The number of rotatable bonds is 16. The van der Waals surface area contributed by atoms with Gasteiger partial charge in [-0.3, -0.25) is 96.4 Å². The maximum atomic E-state index is 13.2. The molecule has 0 radical (unpaired) electrons. The van der Waals surface area contributed by atoms with Crippen molar-refractivity contribution >= 4 is 88.0 Å². The van der Waals surface area contributed by atoms with Crippen LogP contribution in [0.25, 0.3) is 0 Å². The molecule has 10 aromatic rings. The number of carbonyl (C=O) groups excluding carboxylic acids is 15. The zero-order valence-electron chi connectivity index (χ0n) is 84.5. The number of amides is 10. The number of ketones is 5. The lowest BCUT2D eigenvalue weighted by Crippen LogP contribution is -2.46. The number of aryl methyl sites for hydroxylation is 4. The normalized spacial score (nSPS) is 19.9. The predicted molar refractivity (Wildman–Crippen MR) is 556 cm³/mol. The highest BCUT2D eigenvalue weighted by atomic mass is 16.5. The van der Waals surface area contributed by atoms with E-state index < -0.39 is 89.3 Å². The molecule has 12 aliphatic rings. The van der Waals surface area contributed by atoms with Crippen LogP contribution in [0.3, 0.4) is 0 Å². The number of benzene rings is 10. The topological polar surface area (TPSA) is 318 Å². The molecule has 22 rings (SSSR count). The van der Waals surface area contributed by atoms with E-state index in [1.165, 1.54) is 46.2 Å². The monoisotopic (exact) mass is 1980 g/mol. The number of fused-ring (bicyclic) bond motifs is 7. The third kappa shape index (κ3) is 20.6. The van der Waals surface area contributed by atoms with Crippen LogP contribution in [0.2, 0.25) is 0 Å². The van der Waals surface area contributed by atoms with Crippen molar-refractivity contribution in [1.82, 2.24) is 24.5 Å². The first-order valence-electron chi connectivity index (χ1n) is 50.7. The minimum atomic E-state index is -0.736. The molecule has 0 bridgehead atoms. The highest BCUT2D eigenvalue weighted by Gasteiger charge is 2.52. The van der Waals surface area contributed by atoms with Gasteiger partial charge in [-0.2, -0.15) is 0 Å². The molecular formula is C123H117N5O20. The van der Waals surface area contributed by atoms with Gasteiger partial charge < -0.3 is 23.7 Å². The number of imide groups is 5. The second-order valence-electron chi connectivity index (χ2n) is 42.2. The first-order valence-corrected chi connectivity index (χ1v) is 50.7. The number of hydrogen-bond donors (Lipinski definition) is 0. The summed E-state index contributed by atoms with van der Waals surface area (Å²) < 4.78 is 30.1. The maximum Gasteiger partial charge on any atom is 0.266 e. The molecule has 754 valence electrons. The molecule has 5 fully saturated rings. The van der Waals surface area contributed by atoms with E-state index in [2.05, 4.69) is 100 Å². The Balaban J connectivity index is 0.000000121. The second kappa shape index (κ2) is 41.8. The summed E-state index contributed by atoms with van der Waals surface area (Å²) in [7, 11) is 0. The summed E-state index contributed by atoms with van der Waals surface area (Å²) in [6, 6.07) is 56.4. The SMILES string of the molecule is C=C1CCC(N2C(=O)c3cccc(Oc4ccc(C(C)(C)C)cc4)c3C2=O)C(=O)C1.C=C1CCC(N2C(=O)c3cccc(Oc4ccc(C(C)C)cc4)c3C2=O)C(=O)C1.C=C1CCC(N2C(=O)c3cccc(Oc4ccc5c(c4)CCC5)c3C2=O)C(=O)C1.C=C1CCC(N2C(=O)c3cccc(Oc4ccc5c(c4)CCCC5)c3C2=O)C(=O)C1.C=C1CCC(N2C(=O)c3cccc(Oc4cccc(C(C)(C)C)c4)c3C2=O)C(=O)C1. The van der Waals surface area contributed by atoms with E-state index in [4.69, 9.17) is 23.7 Å². The van der Waals surface area contributed by atoms with Gasteiger partial charge in [0.2, 0.25) is 0 Å². The zero-order valence-corrected chi connectivity index (χ0v) is 84.5. The zero-order chi connectivity index (χ0) is 105. The quantitative estimate of drug-likeness (QED) is 0.0641. The average molecular weight is 1990 g/mol. The Labute approximate surface area is 859 Å². The lowest BCUT2D eigenvalue weighted by atomic mass is 9.87. The Morgan fingerprint density at radius 1 is 0.250 bits per heavy atom. The summed E-state index contributed by atoms with van der Waals surface area (Å²) in [4.78, 5) is 199. The summed E-state index contributed by atoms with van der Waals surface area (Å²) in [5.74, 6) is 0.0601. The molecule has 5 saturated carbocycles. The maximum absolute atomic E-state index is 13.2. The lowest BCUT2D eigenvalue weighted by Gasteiger charge is -2.29. The van der Waals surface area contributed by atoms with Gasteiger partial charge >= 0.3 is 0 Å². The molecule has 0 saturated heterocycles. The molecule has 25 nitrogen and oxygen atoms in total. The van der Waals surface area contributed by atoms with E-state index in [1.54, 1.807) is 91.0 Å². The van der Waals surface area contributed by atoms with Gasteiger partial charge in [-0.1, -0.05) is 195 Å². The van der Waals surface area contributed by atoms with Gasteiger partial charge in [-0.25, -0.2) is 0 Å². The first kappa shape index (κ1) is 102. The van der Waals surface area contributed by atoms with Crippen molar-refractivity contribution in [2.75, 3.05) is 0 Å². The largest absolute Gasteiger partial charge is 0.457 e. The van der Waals surface area contributed by atoms with Crippen LogP contribution in [0, 0.1) is 0 Å². The standard InChI is InChI=1S/C25H23NO4.2C25H25NO4.C24H21NO4.C24H23NO4/c1-15-9-12-20(21(27)13-15)26-24(28)19-7-4-8-22(23(19)25(26)29)30-18-11-10-16-5-2-3-6-17(16)14-18;1-15-11-12-19(20(27)13-15)26-23(28)18-9-6-10-21(22(18)24(26)29)30-17-8-5-7-16(14-17)25(2,3)4;1-15-8-13-19(20(27)14-15)26-23(28)18-6-5-7-21(22(18)24(26)29)30-17-11-9-16(10-12-17)25(2,3)4;1-14-8-11-19(20(26)12-14)25-23(27)18-6-3-7-21(22(18)24(25)28)29-17-10-9-15-4-2-5-16(15)13-17;1-14(2)16-8-10-17(11-9-16)29-21-6-4-5-18-22(21)24(28)25(23(18)27)19-12-7-15(3)13-20(19)26/h4,7-8,10-11,14,20H,1-3,5-6,9,12-13H2;5-10,14,19H,1,11-13H2,2-4H3;5-7,9-12,19H,1,8,13-14H2,2-4H3;3,6-7,9-10,13,19H,1-2,4-5,8,11-12H2;4-6,8-11,14,19H,3,7,12-13H2,1-2H3. The number of allylic oxidation sites excluding steroid dienone is 5. The van der Waals surface area contributed by atoms with E-state index >= 15 is 0 Å². The van der Waals surface area contributed by atoms with Gasteiger partial charge in [0.05, 0.1) is 85.8 Å². The van der Waals surface area contributed by atoms with E-state index in [-0.39, 0.29) is 116 Å². The van der Waals surface area contributed by atoms with Crippen molar-refractivity contribution < 1.29 is 95.6 Å². The van der Waals surface area contributed by atoms with Gasteiger partial charge in [0.15, 0.2) is 28.9 Å². The second-order valence-corrected chi connectivity index (χ2v) is 42.2. The summed E-state index contributed by atoms with van der Waals surface area (Å²) in [5.41, 5.74) is 15.5. The lowest BCUT2D eigenvalue weighted by molar-refractivity contribution is -0.123. The van der Waals surface area contributed by atoms with E-state index in [0.717, 1.165) is 90.0 Å². The molecule has 5 heterocycles. The molecule has 7 aliphatic carbocycles. The summed E-state index contributed by atoms with van der Waals surface area (Å²) >= 11 is 0. The van der Waals surface area contributed by atoms with Crippen LogP contribution in [0.5, 0.6) is 57.5 Å². The van der Waals surface area contributed by atoms with E-state index in [9.17, 15) is 71.9 Å². The fraction of sp³-hybridized carbons (Fsp3) is 0.309. The van der Waals surface area contributed by atoms with Gasteiger partial charge in [0.25, 0.3) is 59.1 Å². The highest BCUT2D eigenvalue weighted by Crippen LogP contribution is 2.47. The van der Waals surface area contributed by atoms with Gasteiger partial charge in [0.1, 0.15) is 57.5 Å². The van der Waals surface area contributed by atoms with Crippen LogP contribution < -0.4 is 23.7 Å². The molecule has 5 atom stereocenters. The molecule has 5 aliphatic heterocycles. The molecule has 0 spiro atoms. The van der Waals surface area contributed by atoms with Crippen molar-refractivity contribution in [3.05, 3.63) is 356 Å². The number of ether oxygens (including phenoxy) is 5. The number of hydrogen-bond acceptors (Lipinski definition) is 20. The van der Waals surface area contributed by atoms with E-state index in [0.29, 0.717) is 139 Å². The fourth-order valence-electron chi connectivity index (χ4n) is 21.3. The van der Waals surface area contributed by atoms with Crippen molar-refractivity contribution in [2.24, 2.45) is 0 Å². The summed E-state index contributed by atoms with van der Waals surface area (Å²) in [6.45, 7) is 36.3. The summed E-state index contributed by atoms with van der Waals surface area (Å²) in [6.07, 6.45) is 14.1. The molecule has 0 N–H and O–H groups in total. The Morgan fingerprint density at radius 3 is 0.770 bits per heavy atom. The number of nitrogens with zero attached hydrogens (tertiary/aromatic N) is 5. The Bertz CT molecular complexity index is 7340. The van der Waals surface area contributed by atoms with E-state index in [1.807, 2.05) is 97.1 Å². The number of carbonyl (C=O) groups is 15. The molecule has 25 heteroatoms. The minimum absolute atomic E-state index is 0.0211. The van der Waals surface area contributed by atoms with Crippen LogP contribution in [-0.2, 0) is 60.5 Å². The Morgan fingerprint density at radius 2 is 0.493 bits per heavy atom. The minimum Gasteiger partial charge on any atom is -0.457 e. The predicted octanol–water partition coefficient (Wildman–Crippen LogP) is 23.8. The van der Waals surface area contributed by atoms with Crippen LogP contribution in [0.4, 0.5) is 0 Å². The molecule has 10 aromatic carbocycles. The molecule has 10 amide bonds. The Hall–Kier alpha value is -16.1. The van der Waals surface area contributed by atoms with Gasteiger partial charge in [-0.15, -0.1) is 0 Å². The van der Waals surface area contributed by atoms with Gasteiger partial charge in [0, 0.05) is 32.1 Å². The third-order valence-corrected chi connectivity index (χ3v) is 29.4. The van der Waals surface area contributed by atoms with Crippen molar-refractivity contribution in [3.63, 3.8) is 0 Å². The average Bonchev–Trinajstić information content (AvgIpc) is 1.62. The third-order valence-electron chi connectivity index (χ3n) is 29.4. The smallest absolute Gasteiger partial charge is 0.266 e. The van der Waals surface area contributed by atoms with Crippen molar-refractivity contribution in [1.29, 1.82) is 0 Å². The molecule has 5 unspecified atom stereocenters. The van der Waals surface area contributed by atoms with Crippen LogP contribution >= 0.6 is 0 Å². The van der Waals surface area contributed by atoms with Crippen molar-refractivity contribution in [2.45, 2.75) is 244 Å².